The van der Waals surface area contributed by atoms with Gasteiger partial charge in [-0.1, -0.05) is 18.2 Å². The Morgan fingerprint density at radius 1 is 1.14 bits per heavy atom. The first kappa shape index (κ1) is 18.0. The molecule has 0 aliphatic carbocycles. The van der Waals surface area contributed by atoms with Crippen LogP contribution in [-0.4, -0.2) is 16.3 Å². The van der Waals surface area contributed by atoms with E-state index in [1.54, 1.807) is 45.0 Å². The quantitative estimate of drug-likeness (QED) is 0.369. The molecular formula is C23H21NO4. The van der Waals surface area contributed by atoms with Gasteiger partial charge in [0.1, 0.15) is 11.5 Å². The van der Waals surface area contributed by atoms with Crippen LogP contribution in [0.15, 0.2) is 54.4 Å². The van der Waals surface area contributed by atoms with Gasteiger partial charge >= 0.3 is 5.97 Å². The van der Waals surface area contributed by atoms with E-state index in [4.69, 9.17) is 9.47 Å². The van der Waals surface area contributed by atoms with Gasteiger partial charge in [0, 0.05) is 35.8 Å². The average Bonchev–Trinajstić information content (AvgIpc) is 3.12. The Kier molecular flexibility index (Phi) is 4.11. The summed E-state index contributed by atoms with van der Waals surface area (Å²) in [4.78, 5) is 24.8. The number of carbonyl (C=O) groups excluding carboxylic acids is 2. The smallest absolute Gasteiger partial charge is 0.316 e. The fraction of sp³-hybridized carbons (Fsp3) is 0.217. The van der Waals surface area contributed by atoms with E-state index in [0.29, 0.717) is 17.1 Å². The maximum atomic E-state index is 12.7. The number of hydrogen-bond acceptors (Lipinski definition) is 4. The number of fused-ring (bicyclic) bond motifs is 2. The summed E-state index contributed by atoms with van der Waals surface area (Å²) >= 11 is 0. The fourth-order valence-corrected chi connectivity index (χ4v) is 3.12. The Bertz CT molecular complexity index is 1150. The Labute approximate surface area is 163 Å². The molecule has 5 nitrogen and oxygen atoms in total. The zero-order valence-electron chi connectivity index (χ0n) is 16.3. The van der Waals surface area contributed by atoms with E-state index < -0.39 is 5.41 Å². The molecule has 28 heavy (non-hydrogen) atoms. The summed E-state index contributed by atoms with van der Waals surface area (Å²) in [6.07, 6.45) is 3.72. The van der Waals surface area contributed by atoms with Crippen molar-refractivity contribution in [1.82, 2.24) is 4.57 Å². The van der Waals surface area contributed by atoms with Gasteiger partial charge in [-0.3, -0.25) is 9.59 Å². The number of esters is 1. The molecule has 4 rings (SSSR count). The van der Waals surface area contributed by atoms with Crippen LogP contribution in [0.3, 0.4) is 0 Å². The third-order valence-electron chi connectivity index (χ3n) is 4.68. The van der Waals surface area contributed by atoms with E-state index in [1.165, 1.54) is 0 Å². The second-order valence-electron chi connectivity index (χ2n) is 7.95. The molecule has 0 N–H and O–H groups in total. The minimum absolute atomic E-state index is 0.184. The van der Waals surface area contributed by atoms with Crippen molar-refractivity contribution in [2.75, 3.05) is 0 Å². The highest BCUT2D eigenvalue weighted by Crippen LogP contribution is 2.36. The van der Waals surface area contributed by atoms with Gasteiger partial charge in [-0.15, -0.1) is 0 Å². The molecule has 1 aromatic heterocycles. The van der Waals surface area contributed by atoms with Gasteiger partial charge < -0.3 is 14.0 Å². The molecule has 142 valence electrons. The number of ketones is 1. The van der Waals surface area contributed by atoms with Crippen molar-refractivity contribution in [2.45, 2.75) is 20.8 Å². The van der Waals surface area contributed by atoms with Crippen LogP contribution in [0.2, 0.25) is 0 Å². The maximum absolute atomic E-state index is 12.7. The largest absolute Gasteiger partial charge is 0.452 e. The van der Waals surface area contributed by atoms with Crippen LogP contribution >= 0.6 is 0 Å². The van der Waals surface area contributed by atoms with Gasteiger partial charge in [-0.05, 0) is 45.0 Å². The van der Waals surface area contributed by atoms with Crippen LogP contribution < -0.4 is 9.47 Å². The zero-order valence-corrected chi connectivity index (χ0v) is 16.3. The predicted molar refractivity (Wildman–Crippen MR) is 107 cm³/mol. The second-order valence-corrected chi connectivity index (χ2v) is 7.95. The van der Waals surface area contributed by atoms with Crippen molar-refractivity contribution in [3.8, 4) is 11.5 Å². The summed E-state index contributed by atoms with van der Waals surface area (Å²) in [5.41, 5.74) is 1.83. The maximum Gasteiger partial charge on any atom is 0.316 e. The summed E-state index contributed by atoms with van der Waals surface area (Å²) in [5.74, 6) is 0.485. The number of carbonyl (C=O) groups is 2. The van der Waals surface area contributed by atoms with E-state index in [1.807, 2.05) is 42.1 Å². The minimum Gasteiger partial charge on any atom is -0.452 e. The third kappa shape index (κ3) is 3.09. The molecule has 0 saturated heterocycles. The normalized spacial score (nSPS) is 15.0. The third-order valence-corrected chi connectivity index (χ3v) is 4.68. The first-order chi connectivity index (χ1) is 13.2. The number of para-hydroxylation sites is 1. The molecule has 0 unspecified atom stereocenters. The summed E-state index contributed by atoms with van der Waals surface area (Å²) in [5, 5.41) is 1.05. The standard InChI is InChI=1S/C23H21NO4/c1-23(2,3)22(26)27-15-9-10-17-19(12-15)28-20(21(17)25)11-14-13-24(4)18-8-6-5-7-16(14)18/h5-13H,1-4H3. The predicted octanol–water partition coefficient (Wildman–Crippen LogP) is 4.75. The highest BCUT2D eigenvalue weighted by molar-refractivity contribution is 6.15. The molecule has 3 aromatic rings. The van der Waals surface area contributed by atoms with E-state index in [0.717, 1.165) is 16.5 Å². The number of Topliss-reactive ketones (excluding diaryl/α,β-unsaturated/α-hetero) is 1. The highest BCUT2D eigenvalue weighted by atomic mass is 16.5. The molecule has 0 atom stereocenters. The number of rotatable bonds is 2. The zero-order chi connectivity index (χ0) is 20.1. The monoisotopic (exact) mass is 375 g/mol. The van der Waals surface area contributed by atoms with E-state index in [2.05, 4.69) is 0 Å². The summed E-state index contributed by atoms with van der Waals surface area (Å²) < 4.78 is 13.2. The summed E-state index contributed by atoms with van der Waals surface area (Å²) in [6.45, 7) is 5.36. The van der Waals surface area contributed by atoms with Crippen molar-refractivity contribution in [2.24, 2.45) is 12.5 Å². The molecule has 2 aromatic carbocycles. The van der Waals surface area contributed by atoms with Crippen molar-refractivity contribution in [3.05, 3.63) is 65.5 Å². The SMILES string of the molecule is Cn1cc(C=C2Oc3cc(OC(=O)C(C)(C)C)ccc3C2=O)c2ccccc21. The second kappa shape index (κ2) is 6.37. The summed E-state index contributed by atoms with van der Waals surface area (Å²) in [7, 11) is 1.96. The first-order valence-electron chi connectivity index (χ1n) is 9.09. The number of nitrogens with zero attached hydrogens (tertiary/aromatic N) is 1. The first-order valence-corrected chi connectivity index (χ1v) is 9.09. The lowest BCUT2D eigenvalue weighted by molar-refractivity contribution is -0.143. The minimum atomic E-state index is -0.616. The van der Waals surface area contributed by atoms with Crippen LogP contribution in [0, 0.1) is 5.41 Å². The van der Waals surface area contributed by atoms with Gasteiger partial charge in [-0.2, -0.15) is 0 Å². The lowest BCUT2D eigenvalue weighted by Gasteiger charge is -2.16. The number of benzene rings is 2. The van der Waals surface area contributed by atoms with Gasteiger partial charge in [0.15, 0.2) is 5.76 Å². The van der Waals surface area contributed by atoms with Gasteiger partial charge in [0.25, 0.3) is 0 Å². The number of aromatic nitrogens is 1. The highest BCUT2D eigenvalue weighted by Gasteiger charge is 2.29. The van der Waals surface area contributed by atoms with Gasteiger partial charge in [0.2, 0.25) is 5.78 Å². The van der Waals surface area contributed by atoms with Crippen molar-refractivity contribution < 1.29 is 19.1 Å². The Hall–Kier alpha value is -3.34. The fourth-order valence-electron chi connectivity index (χ4n) is 3.12. The van der Waals surface area contributed by atoms with Crippen LogP contribution in [0.4, 0.5) is 0 Å². The van der Waals surface area contributed by atoms with Crippen LogP contribution in [-0.2, 0) is 11.8 Å². The molecule has 0 saturated carbocycles. The lowest BCUT2D eigenvalue weighted by atomic mass is 9.97. The van der Waals surface area contributed by atoms with Crippen molar-refractivity contribution in [3.63, 3.8) is 0 Å². The van der Waals surface area contributed by atoms with Crippen LogP contribution in [0.5, 0.6) is 11.5 Å². The average molecular weight is 375 g/mol. The molecule has 0 spiro atoms. The molecular weight excluding hydrogens is 354 g/mol. The van der Waals surface area contributed by atoms with E-state index >= 15 is 0 Å². The molecule has 1 aliphatic heterocycles. The molecule has 0 amide bonds. The number of aryl methyl sites for hydroxylation is 1. The van der Waals surface area contributed by atoms with E-state index in [9.17, 15) is 9.59 Å². The van der Waals surface area contributed by atoms with Crippen molar-refractivity contribution >= 4 is 28.7 Å². The number of hydrogen-bond donors (Lipinski definition) is 0. The molecule has 0 radical (unpaired) electrons. The van der Waals surface area contributed by atoms with Crippen LogP contribution in [0.25, 0.3) is 17.0 Å². The Morgan fingerprint density at radius 3 is 2.64 bits per heavy atom. The van der Waals surface area contributed by atoms with Gasteiger partial charge in [-0.25, -0.2) is 0 Å². The van der Waals surface area contributed by atoms with E-state index in [-0.39, 0.29) is 17.5 Å². The molecule has 5 heteroatoms. The lowest BCUT2D eigenvalue weighted by Crippen LogP contribution is -2.25. The van der Waals surface area contributed by atoms with Crippen molar-refractivity contribution in [1.29, 1.82) is 0 Å². The molecule has 0 bridgehead atoms. The summed E-state index contributed by atoms with van der Waals surface area (Å²) in [6, 6.07) is 12.8. The number of allylic oxidation sites excluding steroid dienone is 1. The Morgan fingerprint density at radius 2 is 1.89 bits per heavy atom. The van der Waals surface area contributed by atoms with Gasteiger partial charge in [0.05, 0.1) is 11.0 Å². The number of ether oxygens (including phenoxy) is 2. The molecule has 1 aliphatic rings. The van der Waals surface area contributed by atoms with Crippen LogP contribution in [0.1, 0.15) is 36.7 Å². The molecule has 0 fully saturated rings. The topological polar surface area (TPSA) is 57.5 Å². The molecule has 2 heterocycles. The Balaban J connectivity index is 1.65.